The molecule has 0 spiro atoms. The molecule has 10 heteroatoms. The Bertz CT molecular complexity index is 1170. The molecule has 1 atom stereocenters. The maximum Gasteiger partial charge on any atom is 0.265 e. The number of aryl methyl sites for hydroxylation is 1. The van der Waals surface area contributed by atoms with Crippen LogP contribution in [0.3, 0.4) is 0 Å². The van der Waals surface area contributed by atoms with Crippen molar-refractivity contribution in [2.75, 3.05) is 17.1 Å². The standard InChI is InChI=1S/C21H22N4O5S/c1-14-6-4-5-7-18(14)30-15(2)21(26)24-16-8-10-17(11-9-16)31(27,28)25-19-12-20(29-3)23-13-22-19/h4-13,15H,1-3H3,(H,24,26)(H,22,23,25). The smallest absolute Gasteiger partial charge is 0.265 e. The van der Waals surface area contributed by atoms with E-state index in [0.717, 1.165) is 5.56 Å². The van der Waals surface area contributed by atoms with Gasteiger partial charge in [0.25, 0.3) is 15.9 Å². The van der Waals surface area contributed by atoms with Crippen LogP contribution in [0, 0.1) is 6.92 Å². The van der Waals surface area contributed by atoms with Crippen LogP contribution in [0.25, 0.3) is 0 Å². The lowest BCUT2D eigenvalue weighted by atomic mass is 10.2. The Morgan fingerprint density at radius 2 is 1.77 bits per heavy atom. The van der Waals surface area contributed by atoms with E-state index in [0.29, 0.717) is 11.4 Å². The van der Waals surface area contributed by atoms with Gasteiger partial charge in [0.2, 0.25) is 5.88 Å². The molecule has 1 unspecified atom stereocenters. The third kappa shape index (κ3) is 5.70. The highest BCUT2D eigenvalue weighted by atomic mass is 32.2. The summed E-state index contributed by atoms with van der Waals surface area (Å²) in [7, 11) is -2.46. The second kappa shape index (κ2) is 9.43. The van der Waals surface area contributed by atoms with Crippen molar-refractivity contribution < 1.29 is 22.7 Å². The summed E-state index contributed by atoms with van der Waals surface area (Å²) in [6, 6.07) is 14.5. The van der Waals surface area contributed by atoms with E-state index >= 15 is 0 Å². The number of nitrogens with one attached hydrogen (secondary N) is 2. The molecule has 0 radical (unpaired) electrons. The van der Waals surface area contributed by atoms with Gasteiger partial charge in [-0.1, -0.05) is 18.2 Å². The molecule has 0 fully saturated rings. The van der Waals surface area contributed by atoms with Crippen molar-refractivity contribution in [1.29, 1.82) is 0 Å². The van der Waals surface area contributed by atoms with Crippen LogP contribution in [0.15, 0.2) is 65.8 Å². The maximum atomic E-state index is 12.6. The summed E-state index contributed by atoms with van der Waals surface area (Å²) in [5.74, 6) is 0.572. The largest absolute Gasteiger partial charge is 0.481 e. The van der Waals surface area contributed by atoms with Gasteiger partial charge < -0.3 is 14.8 Å². The van der Waals surface area contributed by atoms with Crippen molar-refractivity contribution in [3.05, 3.63) is 66.5 Å². The topological polar surface area (TPSA) is 120 Å². The highest BCUT2D eigenvalue weighted by Crippen LogP contribution is 2.20. The van der Waals surface area contributed by atoms with Crippen LogP contribution in [0.1, 0.15) is 12.5 Å². The number of aromatic nitrogens is 2. The van der Waals surface area contributed by atoms with Gasteiger partial charge >= 0.3 is 0 Å². The van der Waals surface area contributed by atoms with Crippen molar-refractivity contribution in [1.82, 2.24) is 9.97 Å². The Hall–Kier alpha value is -3.66. The molecule has 0 saturated heterocycles. The zero-order valence-electron chi connectivity index (χ0n) is 17.2. The zero-order chi connectivity index (χ0) is 22.4. The number of para-hydroxylation sites is 1. The van der Waals surface area contributed by atoms with Gasteiger partial charge in [0, 0.05) is 11.8 Å². The fourth-order valence-electron chi connectivity index (χ4n) is 2.60. The molecule has 2 N–H and O–H groups in total. The van der Waals surface area contributed by atoms with Crippen LogP contribution in [0.4, 0.5) is 11.5 Å². The van der Waals surface area contributed by atoms with E-state index in [2.05, 4.69) is 20.0 Å². The van der Waals surface area contributed by atoms with E-state index in [-0.39, 0.29) is 22.5 Å². The second-order valence-electron chi connectivity index (χ2n) is 6.59. The molecule has 3 aromatic rings. The first-order valence-corrected chi connectivity index (χ1v) is 10.8. The lowest BCUT2D eigenvalue weighted by Crippen LogP contribution is -2.30. The maximum absolute atomic E-state index is 12.6. The predicted molar refractivity (Wildman–Crippen MR) is 116 cm³/mol. The van der Waals surface area contributed by atoms with Gasteiger partial charge in [-0.3, -0.25) is 9.52 Å². The third-order valence-corrected chi connectivity index (χ3v) is 5.66. The Morgan fingerprint density at radius 1 is 1.06 bits per heavy atom. The molecule has 0 aliphatic carbocycles. The summed E-state index contributed by atoms with van der Waals surface area (Å²) in [6.07, 6.45) is 0.453. The van der Waals surface area contributed by atoms with Crippen LogP contribution in [0.2, 0.25) is 0 Å². The van der Waals surface area contributed by atoms with Gasteiger partial charge in [0.05, 0.1) is 12.0 Å². The van der Waals surface area contributed by atoms with Gasteiger partial charge in [-0.2, -0.15) is 0 Å². The minimum absolute atomic E-state index is 0.00675. The average molecular weight is 442 g/mol. The van der Waals surface area contributed by atoms with E-state index < -0.39 is 16.1 Å². The number of amides is 1. The Balaban J connectivity index is 1.65. The van der Waals surface area contributed by atoms with Gasteiger partial charge in [0.15, 0.2) is 6.10 Å². The zero-order valence-corrected chi connectivity index (χ0v) is 18.0. The van der Waals surface area contributed by atoms with Crippen LogP contribution < -0.4 is 19.5 Å². The van der Waals surface area contributed by atoms with E-state index in [1.807, 2.05) is 25.1 Å². The normalized spacial score (nSPS) is 12.0. The fourth-order valence-corrected chi connectivity index (χ4v) is 3.60. The molecule has 0 aliphatic rings. The second-order valence-corrected chi connectivity index (χ2v) is 8.27. The Kier molecular flexibility index (Phi) is 6.71. The van der Waals surface area contributed by atoms with Gasteiger partial charge in [-0.15, -0.1) is 0 Å². The van der Waals surface area contributed by atoms with Crippen LogP contribution in [-0.4, -0.2) is 37.5 Å². The number of sulfonamides is 1. The van der Waals surface area contributed by atoms with E-state index in [1.165, 1.54) is 43.8 Å². The molecule has 0 aliphatic heterocycles. The number of rotatable bonds is 8. The van der Waals surface area contributed by atoms with Crippen molar-refractivity contribution in [3.63, 3.8) is 0 Å². The molecule has 1 heterocycles. The van der Waals surface area contributed by atoms with Crippen LogP contribution in [0.5, 0.6) is 11.6 Å². The molecule has 0 saturated carbocycles. The Labute approximate surface area is 180 Å². The monoisotopic (exact) mass is 442 g/mol. The number of hydrogen-bond acceptors (Lipinski definition) is 7. The summed E-state index contributed by atoms with van der Waals surface area (Å²) >= 11 is 0. The van der Waals surface area contributed by atoms with Crippen molar-refractivity contribution in [2.24, 2.45) is 0 Å². The first kappa shape index (κ1) is 22.0. The van der Waals surface area contributed by atoms with Crippen molar-refractivity contribution in [2.45, 2.75) is 24.8 Å². The van der Waals surface area contributed by atoms with Gasteiger partial charge in [-0.05, 0) is 49.7 Å². The highest BCUT2D eigenvalue weighted by Gasteiger charge is 2.18. The first-order valence-electron chi connectivity index (χ1n) is 9.30. The summed E-state index contributed by atoms with van der Waals surface area (Å²) in [4.78, 5) is 20.1. The van der Waals surface area contributed by atoms with E-state index in [9.17, 15) is 13.2 Å². The molecule has 1 amide bonds. The average Bonchev–Trinajstić information content (AvgIpc) is 2.75. The number of ether oxygens (including phenoxy) is 2. The SMILES string of the molecule is COc1cc(NS(=O)(=O)c2ccc(NC(=O)C(C)Oc3ccccc3C)cc2)ncn1. The molecular weight excluding hydrogens is 420 g/mol. The van der Waals surface area contributed by atoms with Gasteiger partial charge in [-0.25, -0.2) is 18.4 Å². The lowest BCUT2D eigenvalue weighted by Gasteiger charge is -2.16. The lowest BCUT2D eigenvalue weighted by molar-refractivity contribution is -0.122. The number of hydrogen-bond donors (Lipinski definition) is 2. The van der Waals surface area contributed by atoms with Crippen LogP contribution in [-0.2, 0) is 14.8 Å². The number of methoxy groups -OCH3 is 1. The summed E-state index contributed by atoms with van der Waals surface area (Å²) in [6.45, 7) is 3.53. The minimum Gasteiger partial charge on any atom is -0.481 e. The summed E-state index contributed by atoms with van der Waals surface area (Å²) in [5.41, 5.74) is 1.36. The molecule has 3 rings (SSSR count). The molecule has 0 bridgehead atoms. The van der Waals surface area contributed by atoms with E-state index in [4.69, 9.17) is 9.47 Å². The predicted octanol–water partition coefficient (Wildman–Crippen LogP) is 3.00. The van der Waals surface area contributed by atoms with E-state index in [1.54, 1.807) is 13.0 Å². The first-order chi connectivity index (χ1) is 14.8. The third-order valence-electron chi connectivity index (χ3n) is 4.29. The van der Waals surface area contributed by atoms with Gasteiger partial charge in [0.1, 0.15) is 17.9 Å². The molecule has 2 aromatic carbocycles. The minimum atomic E-state index is -3.88. The number of carbonyl (C=O) groups is 1. The number of benzene rings is 2. The molecule has 162 valence electrons. The van der Waals surface area contributed by atoms with Crippen molar-refractivity contribution in [3.8, 4) is 11.6 Å². The molecule has 31 heavy (non-hydrogen) atoms. The van der Waals surface area contributed by atoms with Crippen molar-refractivity contribution >= 4 is 27.4 Å². The highest BCUT2D eigenvalue weighted by molar-refractivity contribution is 7.92. The number of carbonyl (C=O) groups excluding carboxylic acids is 1. The number of anilines is 2. The quantitative estimate of drug-likeness (QED) is 0.550. The summed E-state index contributed by atoms with van der Waals surface area (Å²) < 4.78 is 38.1. The molecular formula is C21H22N4O5S. The Morgan fingerprint density at radius 3 is 2.45 bits per heavy atom. The fraction of sp³-hybridized carbons (Fsp3) is 0.190. The number of nitrogens with zero attached hydrogens (tertiary/aromatic N) is 2. The summed E-state index contributed by atoms with van der Waals surface area (Å²) in [5, 5.41) is 2.71. The van der Waals surface area contributed by atoms with Crippen LogP contribution >= 0.6 is 0 Å². The molecule has 1 aromatic heterocycles. The molecule has 9 nitrogen and oxygen atoms in total.